The average molecular weight is 214 g/mol. The zero-order chi connectivity index (χ0) is 11.4. The number of nitrogens with zero attached hydrogens (tertiary/aromatic N) is 1. The van der Waals surface area contributed by atoms with Crippen molar-refractivity contribution in [1.29, 1.82) is 0 Å². The molecule has 1 heterocycles. The predicted octanol–water partition coefficient (Wildman–Crippen LogP) is 1.02. The van der Waals surface area contributed by atoms with Crippen LogP contribution in [0.15, 0.2) is 54.9 Å². The lowest BCUT2D eigenvalue weighted by atomic mass is 10.1. The monoisotopic (exact) mass is 214 g/mol. The van der Waals surface area contributed by atoms with Crippen molar-refractivity contribution in [2.75, 3.05) is 0 Å². The number of carboxylic acid groups (broad SMARTS) is 1. The Morgan fingerprint density at radius 1 is 1.12 bits per heavy atom. The smallest absolute Gasteiger partial charge is 0.0764 e. The summed E-state index contributed by atoms with van der Waals surface area (Å²) in [5.41, 5.74) is 0.991. The highest BCUT2D eigenvalue weighted by atomic mass is 16.4. The first-order chi connectivity index (χ1) is 7.77. The summed E-state index contributed by atoms with van der Waals surface area (Å²) in [7, 11) is 0. The summed E-state index contributed by atoms with van der Waals surface area (Å²) in [5, 5.41) is 11.1. The number of aliphatic carboxylic acids is 1. The number of hydrogen-bond acceptors (Lipinski definition) is 2. The molecule has 0 aliphatic heterocycles. The highest BCUT2D eigenvalue weighted by Gasteiger charge is 2.11. The number of rotatable bonds is 4. The standard InChI is InChI=1S/C13H13NO2/c15-13(16)12(14-8-4-5-9-14)10-11-6-2-1-3-7-11/h1-9,12H,10H2,(H,15,16)/p-1. The Morgan fingerprint density at radius 2 is 1.75 bits per heavy atom. The zero-order valence-electron chi connectivity index (χ0n) is 8.74. The maximum Gasteiger partial charge on any atom is 0.0764 e. The molecule has 2 aromatic rings. The fourth-order valence-corrected chi connectivity index (χ4v) is 1.70. The van der Waals surface area contributed by atoms with E-state index in [1.165, 1.54) is 0 Å². The lowest BCUT2D eigenvalue weighted by Crippen LogP contribution is -2.34. The molecule has 0 saturated heterocycles. The van der Waals surface area contributed by atoms with Gasteiger partial charge in [0.2, 0.25) is 0 Å². The Labute approximate surface area is 94.0 Å². The largest absolute Gasteiger partial charge is 0.548 e. The number of carboxylic acids is 1. The number of carbonyl (C=O) groups is 1. The zero-order valence-corrected chi connectivity index (χ0v) is 8.74. The third-order valence-electron chi connectivity index (χ3n) is 2.53. The van der Waals surface area contributed by atoms with Crippen LogP contribution in [0.4, 0.5) is 0 Å². The Morgan fingerprint density at radius 3 is 2.31 bits per heavy atom. The minimum Gasteiger partial charge on any atom is -0.548 e. The molecule has 0 fully saturated rings. The van der Waals surface area contributed by atoms with Crippen LogP contribution in [0, 0.1) is 0 Å². The quantitative estimate of drug-likeness (QED) is 0.762. The van der Waals surface area contributed by atoms with E-state index in [4.69, 9.17) is 0 Å². The molecule has 0 N–H and O–H groups in total. The normalized spacial score (nSPS) is 12.2. The van der Waals surface area contributed by atoms with Crippen molar-refractivity contribution in [3.63, 3.8) is 0 Å². The minimum absolute atomic E-state index is 0.442. The summed E-state index contributed by atoms with van der Waals surface area (Å²) in [5.74, 6) is -1.06. The summed E-state index contributed by atoms with van der Waals surface area (Å²) in [6.07, 6.45) is 3.92. The SMILES string of the molecule is O=C([O-])C(Cc1ccccc1)n1cccc1. The summed E-state index contributed by atoms with van der Waals surface area (Å²) >= 11 is 0. The second-order valence-electron chi connectivity index (χ2n) is 3.65. The van der Waals surface area contributed by atoms with E-state index in [2.05, 4.69) is 0 Å². The van der Waals surface area contributed by atoms with Gasteiger partial charge in [-0.15, -0.1) is 0 Å². The van der Waals surface area contributed by atoms with E-state index in [0.29, 0.717) is 6.42 Å². The van der Waals surface area contributed by atoms with Crippen LogP contribution < -0.4 is 5.11 Å². The molecule has 3 nitrogen and oxygen atoms in total. The molecule has 0 aliphatic rings. The Balaban J connectivity index is 2.19. The van der Waals surface area contributed by atoms with E-state index in [1.807, 2.05) is 30.3 Å². The molecular weight excluding hydrogens is 202 g/mol. The summed E-state index contributed by atoms with van der Waals surface area (Å²) in [4.78, 5) is 11.1. The summed E-state index contributed by atoms with van der Waals surface area (Å²) in [6, 6.07) is 12.5. The first kappa shape index (κ1) is 10.5. The van der Waals surface area contributed by atoms with Gasteiger partial charge in [0.05, 0.1) is 12.0 Å². The van der Waals surface area contributed by atoms with Gasteiger partial charge in [0.25, 0.3) is 0 Å². The van der Waals surface area contributed by atoms with E-state index < -0.39 is 12.0 Å². The van der Waals surface area contributed by atoms with Crippen molar-refractivity contribution < 1.29 is 9.90 Å². The van der Waals surface area contributed by atoms with Gasteiger partial charge in [-0.05, 0) is 24.1 Å². The Bertz CT molecular complexity index is 448. The summed E-state index contributed by atoms with van der Waals surface area (Å²) < 4.78 is 1.66. The third kappa shape index (κ3) is 2.31. The number of aromatic nitrogens is 1. The van der Waals surface area contributed by atoms with Crippen molar-refractivity contribution in [2.45, 2.75) is 12.5 Å². The van der Waals surface area contributed by atoms with Gasteiger partial charge < -0.3 is 14.5 Å². The molecular formula is C13H12NO2-. The molecule has 0 aliphatic carbocycles. The number of benzene rings is 1. The van der Waals surface area contributed by atoms with Gasteiger partial charge in [-0.2, -0.15) is 0 Å². The van der Waals surface area contributed by atoms with Crippen molar-refractivity contribution in [3.8, 4) is 0 Å². The molecule has 1 aromatic carbocycles. The first-order valence-electron chi connectivity index (χ1n) is 5.14. The lowest BCUT2D eigenvalue weighted by molar-refractivity contribution is -0.310. The van der Waals surface area contributed by atoms with Crippen molar-refractivity contribution in [1.82, 2.24) is 4.57 Å². The molecule has 1 aromatic heterocycles. The topological polar surface area (TPSA) is 45.1 Å². The van der Waals surface area contributed by atoms with E-state index in [0.717, 1.165) is 5.56 Å². The van der Waals surface area contributed by atoms with Crippen LogP contribution >= 0.6 is 0 Å². The molecule has 0 radical (unpaired) electrons. The predicted molar refractivity (Wildman–Crippen MR) is 58.6 cm³/mol. The second-order valence-corrected chi connectivity index (χ2v) is 3.65. The highest BCUT2D eigenvalue weighted by molar-refractivity contribution is 5.70. The van der Waals surface area contributed by atoms with Gasteiger partial charge in [-0.3, -0.25) is 0 Å². The second kappa shape index (κ2) is 4.66. The van der Waals surface area contributed by atoms with E-state index in [-0.39, 0.29) is 0 Å². The third-order valence-corrected chi connectivity index (χ3v) is 2.53. The van der Waals surface area contributed by atoms with Crippen LogP contribution in [0.2, 0.25) is 0 Å². The van der Waals surface area contributed by atoms with Crippen LogP contribution in [-0.2, 0) is 11.2 Å². The fourth-order valence-electron chi connectivity index (χ4n) is 1.70. The fraction of sp³-hybridized carbons (Fsp3) is 0.154. The molecule has 0 bridgehead atoms. The van der Waals surface area contributed by atoms with Crippen molar-refractivity contribution >= 4 is 5.97 Å². The molecule has 0 saturated carbocycles. The molecule has 16 heavy (non-hydrogen) atoms. The molecule has 82 valence electrons. The van der Waals surface area contributed by atoms with Gasteiger partial charge in [-0.1, -0.05) is 30.3 Å². The molecule has 1 unspecified atom stereocenters. The van der Waals surface area contributed by atoms with Crippen LogP contribution in [0.5, 0.6) is 0 Å². The van der Waals surface area contributed by atoms with E-state index in [1.54, 1.807) is 29.1 Å². The van der Waals surface area contributed by atoms with Crippen LogP contribution in [0.25, 0.3) is 0 Å². The van der Waals surface area contributed by atoms with Gasteiger partial charge in [0.15, 0.2) is 0 Å². The first-order valence-corrected chi connectivity index (χ1v) is 5.14. The minimum atomic E-state index is -1.06. The lowest BCUT2D eigenvalue weighted by Gasteiger charge is -2.20. The Hall–Kier alpha value is -2.03. The van der Waals surface area contributed by atoms with Crippen LogP contribution in [0.3, 0.4) is 0 Å². The molecule has 0 spiro atoms. The van der Waals surface area contributed by atoms with Gasteiger partial charge in [0.1, 0.15) is 0 Å². The average Bonchev–Trinajstić information content (AvgIpc) is 2.80. The maximum absolute atomic E-state index is 11.1. The van der Waals surface area contributed by atoms with Crippen molar-refractivity contribution in [2.24, 2.45) is 0 Å². The number of hydrogen-bond donors (Lipinski definition) is 0. The molecule has 0 amide bonds. The van der Waals surface area contributed by atoms with Crippen LogP contribution in [-0.4, -0.2) is 10.5 Å². The van der Waals surface area contributed by atoms with Gasteiger partial charge in [-0.25, -0.2) is 0 Å². The van der Waals surface area contributed by atoms with Gasteiger partial charge >= 0.3 is 0 Å². The molecule has 3 heteroatoms. The molecule has 1 atom stereocenters. The number of carbonyl (C=O) groups excluding carboxylic acids is 1. The van der Waals surface area contributed by atoms with E-state index in [9.17, 15) is 9.90 Å². The van der Waals surface area contributed by atoms with Crippen molar-refractivity contribution in [3.05, 3.63) is 60.4 Å². The maximum atomic E-state index is 11.1. The Kier molecular flexibility index (Phi) is 3.05. The highest BCUT2D eigenvalue weighted by Crippen LogP contribution is 2.13. The van der Waals surface area contributed by atoms with E-state index >= 15 is 0 Å². The van der Waals surface area contributed by atoms with Crippen LogP contribution in [0.1, 0.15) is 11.6 Å². The molecule has 2 rings (SSSR count). The van der Waals surface area contributed by atoms with Gasteiger partial charge in [0, 0.05) is 12.4 Å². The summed E-state index contributed by atoms with van der Waals surface area (Å²) in [6.45, 7) is 0.